The SMILES string of the molecule is Cc1ccc(C)c(NC(C)c2c(C)nn(C)c2C)c1. The van der Waals surface area contributed by atoms with Crippen molar-refractivity contribution in [3.05, 3.63) is 46.3 Å². The fourth-order valence-corrected chi connectivity index (χ4v) is 2.61. The second-order valence-corrected chi connectivity index (χ2v) is 5.39. The Labute approximate surface area is 115 Å². The first-order chi connectivity index (χ1) is 8.90. The van der Waals surface area contributed by atoms with E-state index in [4.69, 9.17) is 0 Å². The third kappa shape index (κ3) is 2.65. The molecular weight excluding hydrogens is 234 g/mol. The molecular formula is C16H23N3. The molecule has 0 saturated carbocycles. The summed E-state index contributed by atoms with van der Waals surface area (Å²) in [5, 5.41) is 8.10. The summed E-state index contributed by atoms with van der Waals surface area (Å²) in [5.41, 5.74) is 7.38. The molecule has 0 aliphatic heterocycles. The molecule has 102 valence electrons. The van der Waals surface area contributed by atoms with Crippen molar-refractivity contribution in [3.8, 4) is 0 Å². The molecule has 0 fully saturated rings. The molecule has 1 heterocycles. The quantitative estimate of drug-likeness (QED) is 0.905. The van der Waals surface area contributed by atoms with Crippen LogP contribution in [0.5, 0.6) is 0 Å². The molecule has 0 saturated heterocycles. The smallest absolute Gasteiger partial charge is 0.0649 e. The van der Waals surface area contributed by atoms with Gasteiger partial charge in [0.25, 0.3) is 0 Å². The Kier molecular flexibility index (Phi) is 3.65. The maximum atomic E-state index is 4.49. The van der Waals surface area contributed by atoms with E-state index in [1.54, 1.807) is 0 Å². The highest BCUT2D eigenvalue weighted by molar-refractivity contribution is 5.54. The van der Waals surface area contributed by atoms with Gasteiger partial charge in [-0.2, -0.15) is 5.10 Å². The molecule has 0 bridgehead atoms. The number of benzene rings is 1. The Morgan fingerprint density at radius 2 is 1.84 bits per heavy atom. The van der Waals surface area contributed by atoms with Gasteiger partial charge in [0, 0.05) is 24.0 Å². The van der Waals surface area contributed by atoms with E-state index < -0.39 is 0 Å². The Bertz CT molecular complexity index is 596. The standard InChI is InChI=1S/C16H23N3/c1-10-7-8-11(2)15(9-10)17-12(3)16-13(4)18-19(6)14(16)5/h7-9,12,17H,1-6H3. The van der Waals surface area contributed by atoms with Gasteiger partial charge in [-0.15, -0.1) is 0 Å². The van der Waals surface area contributed by atoms with E-state index in [9.17, 15) is 0 Å². The van der Waals surface area contributed by atoms with Gasteiger partial charge in [-0.25, -0.2) is 0 Å². The van der Waals surface area contributed by atoms with Gasteiger partial charge < -0.3 is 5.32 Å². The summed E-state index contributed by atoms with van der Waals surface area (Å²) in [4.78, 5) is 0. The summed E-state index contributed by atoms with van der Waals surface area (Å²) in [7, 11) is 2.00. The summed E-state index contributed by atoms with van der Waals surface area (Å²) in [6.07, 6.45) is 0. The monoisotopic (exact) mass is 257 g/mol. The molecule has 0 aliphatic carbocycles. The van der Waals surface area contributed by atoms with Gasteiger partial charge in [0.05, 0.1) is 11.7 Å². The lowest BCUT2D eigenvalue weighted by Crippen LogP contribution is -2.10. The lowest BCUT2D eigenvalue weighted by Gasteiger charge is -2.18. The lowest BCUT2D eigenvalue weighted by atomic mass is 10.0. The topological polar surface area (TPSA) is 29.9 Å². The van der Waals surface area contributed by atoms with Crippen LogP contribution in [0.4, 0.5) is 5.69 Å². The van der Waals surface area contributed by atoms with Crippen LogP contribution in [0.1, 0.15) is 41.0 Å². The van der Waals surface area contributed by atoms with Gasteiger partial charge in [-0.05, 0) is 51.8 Å². The molecule has 1 unspecified atom stereocenters. The molecule has 1 atom stereocenters. The predicted molar refractivity (Wildman–Crippen MR) is 80.6 cm³/mol. The summed E-state index contributed by atoms with van der Waals surface area (Å²) >= 11 is 0. The maximum Gasteiger partial charge on any atom is 0.0649 e. The van der Waals surface area contributed by atoms with Crippen molar-refractivity contribution in [1.82, 2.24) is 9.78 Å². The number of aryl methyl sites for hydroxylation is 4. The van der Waals surface area contributed by atoms with Crippen LogP contribution >= 0.6 is 0 Å². The minimum absolute atomic E-state index is 0.259. The van der Waals surface area contributed by atoms with Crippen molar-refractivity contribution in [1.29, 1.82) is 0 Å². The molecule has 1 N–H and O–H groups in total. The van der Waals surface area contributed by atoms with Crippen LogP contribution in [0.3, 0.4) is 0 Å². The highest BCUT2D eigenvalue weighted by Crippen LogP contribution is 2.26. The molecule has 0 radical (unpaired) electrons. The number of nitrogens with zero attached hydrogens (tertiary/aromatic N) is 2. The first-order valence-electron chi connectivity index (χ1n) is 6.74. The van der Waals surface area contributed by atoms with Gasteiger partial charge in [0.15, 0.2) is 0 Å². The van der Waals surface area contributed by atoms with E-state index in [-0.39, 0.29) is 6.04 Å². The third-order valence-electron chi connectivity index (χ3n) is 3.76. The van der Waals surface area contributed by atoms with Crippen LogP contribution in [-0.4, -0.2) is 9.78 Å². The third-order valence-corrected chi connectivity index (χ3v) is 3.76. The molecule has 3 heteroatoms. The molecule has 0 aliphatic rings. The zero-order chi connectivity index (χ0) is 14.2. The van der Waals surface area contributed by atoms with E-state index in [0.29, 0.717) is 0 Å². The summed E-state index contributed by atoms with van der Waals surface area (Å²) in [6.45, 7) is 10.6. The largest absolute Gasteiger partial charge is 0.378 e. The number of rotatable bonds is 3. The van der Waals surface area contributed by atoms with Gasteiger partial charge in [0.2, 0.25) is 0 Å². The van der Waals surface area contributed by atoms with Crippen molar-refractivity contribution >= 4 is 5.69 Å². The minimum atomic E-state index is 0.259. The number of anilines is 1. The Morgan fingerprint density at radius 1 is 1.16 bits per heavy atom. The average Bonchev–Trinajstić information content (AvgIpc) is 2.58. The fourth-order valence-electron chi connectivity index (χ4n) is 2.61. The number of aromatic nitrogens is 2. The van der Waals surface area contributed by atoms with E-state index in [2.05, 4.69) is 63.2 Å². The van der Waals surface area contributed by atoms with Gasteiger partial charge in [-0.1, -0.05) is 12.1 Å². The summed E-state index contributed by atoms with van der Waals surface area (Å²) < 4.78 is 1.95. The zero-order valence-corrected chi connectivity index (χ0v) is 12.7. The van der Waals surface area contributed by atoms with Crippen LogP contribution < -0.4 is 5.32 Å². The van der Waals surface area contributed by atoms with Gasteiger partial charge in [0.1, 0.15) is 0 Å². The van der Waals surface area contributed by atoms with E-state index in [1.165, 1.54) is 28.1 Å². The van der Waals surface area contributed by atoms with Crippen molar-refractivity contribution in [3.63, 3.8) is 0 Å². The van der Waals surface area contributed by atoms with Gasteiger partial charge >= 0.3 is 0 Å². The molecule has 2 aromatic rings. The highest BCUT2D eigenvalue weighted by Gasteiger charge is 2.16. The maximum absolute atomic E-state index is 4.49. The molecule has 3 nitrogen and oxygen atoms in total. The van der Waals surface area contributed by atoms with Gasteiger partial charge in [-0.3, -0.25) is 4.68 Å². The molecule has 19 heavy (non-hydrogen) atoms. The molecule has 0 spiro atoms. The van der Waals surface area contributed by atoms with Crippen LogP contribution in [0.25, 0.3) is 0 Å². The average molecular weight is 257 g/mol. The lowest BCUT2D eigenvalue weighted by molar-refractivity contribution is 0.728. The van der Waals surface area contributed by atoms with Crippen molar-refractivity contribution in [2.75, 3.05) is 5.32 Å². The Balaban J connectivity index is 2.30. The predicted octanol–water partition coefficient (Wildman–Crippen LogP) is 3.83. The molecule has 0 amide bonds. The van der Waals surface area contributed by atoms with Crippen LogP contribution in [0, 0.1) is 27.7 Å². The first-order valence-corrected chi connectivity index (χ1v) is 6.74. The Morgan fingerprint density at radius 3 is 2.42 bits per heavy atom. The second kappa shape index (κ2) is 5.08. The zero-order valence-electron chi connectivity index (χ0n) is 12.7. The van der Waals surface area contributed by atoms with Crippen molar-refractivity contribution in [2.45, 2.75) is 40.7 Å². The van der Waals surface area contributed by atoms with Crippen LogP contribution in [-0.2, 0) is 7.05 Å². The number of hydrogen-bond donors (Lipinski definition) is 1. The van der Waals surface area contributed by atoms with E-state index in [1.807, 2.05) is 11.7 Å². The number of hydrogen-bond acceptors (Lipinski definition) is 2. The second-order valence-electron chi connectivity index (χ2n) is 5.39. The first kappa shape index (κ1) is 13.7. The molecule has 2 rings (SSSR count). The minimum Gasteiger partial charge on any atom is -0.378 e. The molecule has 1 aromatic carbocycles. The fraction of sp³-hybridized carbons (Fsp3) is 0.438. The van der Waals surface area contributed by atoms with E-state index in [0.717, 1.165) is 5.69 Å². The Hall–Kier alpha value is -1.77. The van der Waals surface area contributed by atoms with Crippen LogP contribution in [0.15, 0.2) is 18.2 Å². The molecule has 1 aromatic heterocycles. The summed E-state index contributed by atoms with van der Waals surface area (Å²) in [5.74, 6) is 0. The summed E-state index contributed by atoms with van der Waals surface area (Å²) in [6, 6.07) is 6.76. The number of nitrogens with one attached hydrogen (secondary N) is 1. The van der Waals surface area contributed by atoms with Crippen molar-refractivity contribution in [2.24, 2.45) is 7.05 Å². The van der Waals surface area contributed by atoms with Crippen LogP contribution in [0.2, 0.25) is 0 Å². The highest BCUT2D eigenvalue weighted by atomic mass is 15.3. The van der Waals surface area contributed by atoms with Crippen molar-refractivity contribution < 1.29 is 0 Å². The van der Waals surface area contributed by atoms with E-state index >= 15 is 0 Å². The normalized spacial score (nSPS) is 12.5.